The second kappa shape index (κ2) is 17.4. The fourth-order valence-electron chi connectivity index (χ4n) is 6.43. The first-order valence-corrected chi connectivity index (χ1v) is 20.1. The molecule has 6 aromatic rings. The standard InChI is InChI=1S/C21H19NO4P.C21H19OP.Ag/c1-18(23)17-27(26-22(24)25,19-11-5-2-6-12-19,20-13-7-3-8-14-20)21-15-9-4-10-16-21;1-18(22)17-23(19-11-5-2-6-12-19,20-13-7-3-8-14-20)21-15-9-4-10-16-21;/h2-17H,1H3;2-17H,1H3;/q-1;;+1. The van der Waals surface area contributed by atoms with E-state index < -0.39 is 18.8 Å². The minimum atomic E-state index is -4.29. The molecule has 0 atom stereocenters. The van der Waals surface area contributed by atoms with Gasteiger partial charge in [-0.2, -0.15) is 0 Å². The minimum Gasteiger partial charge on any atom is 1.00 e. The predicted octanol–water partition coefficient (Wildman–Crippen LogP) is 6.76. The van der Waals surface area contributed by atoms with E-state index in [1.807, 2.05) is 78.6 Å². The summed E-state index contributed by atoms with van der Waals surface area (Å²) >= 11 is 0. The molecule has 262 valence electrons. The van der Waals surface area contributed by atoms with Crippen LogP contribution in [0.5, 0.6) is 0 Å². The Bertz CT molecular complexity index is 1880. The smallest absolute Gasteiger partial charge is 1.00 e. The maximum Gasteiger partial charge on any atom is 1.00 e. The molecule has 0 aliphatic heterocycles. The van der Waals surface area contributed by atoms with Gasteiger partial charge in [0.25, 0.3) is 0 Å². The van der Waals surface area contributed by atoms with Crippen LogP contribution in [0, 0.1) is 16.3 Å². The number of carbonyl (C=O) groups excluding carboxylic acids is 2. The molecule has 6 nitrogen and oxygen atoms in total. The SMILES string of the molecule is CC(=O)C=P(c1ccccc1)(c1ccccc1)c1ccccc1.CC(=O)[CH-]P(O[N+](=O)[O-])(c1ccccc1)(c1ccccc1)c1ccccc1.[Ag+]. The van der Waals surface area contributed by atoms with E-state index in [-0.39, 0.29) is 33.9 Å². The van der Waals surface area contributed by atoms with Crippen molar-refractivity contribution in [3.05, 3.63) is 198 Å². The summed E-state index contributed by atoms with van der Waals surface area (Å²) < 4.78 is 5.67. The van der Waals surface area contributed by atoms with Crippen molar-refractivity contribution in [1.29, 1.82) is 0 Å². The Hall–Kier alpha value is -4.80. The Labute approximate surface area is 315 Å². The van der Waals surface area contributed by atoms with E-state index in [1.165, 1.54) is 29.0 Å². The number of rotatable bonds is 11. The molecule has 6 aromatic carbocycles. The molecule has 0 bridgehead atoms. The molecule has 0 amide bonds. The second-order valence-corrected chi connectivity index (χ2v) is 19.1. The molecule has 6 rings (SSSR count). The van der Waals surface area contributed by atoms with Gasteiger partial charge in [0.2, 0.25) is 0 Å². The van der Waals surface area contributed by atoms with Crippen LogP contribution < -0.4 is 31.8 Å². The van der Waals surface area contributed by atoms with Gasteiger partial charge >= 0.3 is 180 Å². The van der Waals surface area contributed by atoms with E-state index in [0.717, 1.165) is 0 Å². The Kier molecular flexibility index (Phi) is 13.3. The summed E-state index contributed by atoms with van der Waals surface area (Å²) in [6, 6.07) is 58.0. The van der Waals surface area contributed by atoms with E-state index in [1.54, 1.807) is 79.7 Å². The van der Waals surface area contributed by atoms with Crippen LogP contribution in [0.15, 0.2) is 182 Å². The third kappa shape index (κ3) is 8.08. The van der Waals surface area contributed by atoms with Crippen LogP contribution in [-0.4, -0.2) is 22.4 Å². The number of Topliss-reactive ketones (excluding diaryl/α,β-unsaturated/α-hetero) is 2. The van der Waals surface area contributed by atoms with Gasteiger partial charge in [0.1, 0.15) is 0 Å². The van der Waals surface area contributed by atoms with Crippen molar-refractivity contribution in [3.63, 3.8) is 0 Å². The van der Waals surface area contributed by atoms with Gasteiger partial charge in [-0.05, 0) is 35.5 Å². The van der Waals surface area contributed by atoms with Gasteiger partial charge in [-0.15, -0.1) is 0 Å². The Morgan fingerprint density at radius 1 is 0.569 bits per heavy atom. The van der Waals surface area contributed by atoms with Crippen LogP contribution in [-0.2, 0) is 36.6 Å². The van der Waals surface area contributed by atoms with Gasteiger partial charge < -0.3 is 0 Å². The maximum absolute atomic E-state index is 12.4. The molecular weight excluding hydrogens is 768 g/mol. The number of ketones is 2. The quantitative estimate of drug-likeness (QED) is 0.0476. The zero-order valence-electron chi connectivity index (χ0n) is 28.2. The summed E-state index contributed by atoms with van der Waals surface area (Å²) in [4.78, 5) is 36.4. The zero-order valence-corrected chi connectivity index (χ0v) is 31.4. The van der Waals surface area contributed by atoms with Crippen molar-refractivity contribution >= 4 is 62.9 Å². The topological polar surface area (TPSA) is 86.5 Å². The van der Waals surface area contributed by atoms with Crippen LogP contribution in [0.1, 0.15) is 13.8 Å². The third-order valence-corrected chi connectivity index (χ3v) is 17.7. The van der Waals surface area contributed by atoms with Crippen LogP contribution in [0.4, 0.5) is 0 Å². The summed E-state index contributed by atoms with van der Waals surface area (Å²) in [6.45, 7) is -3.34. The average molecular weight is 807 g/mol. The van der Waals surface area contributed by atoms with Crippen LogP contribution in [0.3, 0.4) is 0 Å². The number of hydrogen-bond donors (Lipinski definition) is 0. The zero-order chi connectivity index (χ0) is 35.5. The fraction of sp³-hybridized carbons (Fsp3) is 0.0476. The van der Waals surface area contributed by atoms with Gasteiger partial charge in [-0.1, -0.05) is 91.0 Å². The van der Waals surface area contributed by atoms with E-state index >= 15 is 0 Å². The molecule has 0 radical (unpaired) electrons. The van der Waals surface area contributed by atoms with Crippen molar-refractivity contribution in [3.8, 4) is 0 Å². The Morgan fingerprint density at radius 2 is 0.843 bits per heavy atom. The number of hydrogen-bond acceptors (Lipinski definition) is 5. The van der Waals surface area contributed by atoms with Gasteiger partial charge in [0.15, 0.2) is 5.78 Å². The summed E-state index contributed by atoms with van der Waals surface area (Å²) in [5, 5.41) is 16.4. The van der Waals surface area contributed by atoms with Gasteiger partial charge in [-0.25, -0.2) is 0 Å². The average Bonchev–Trinajstić information content (AvgIpc) is 3.15. The number of carbonyl (C=O) groups is 2. The summed E-state index contributed by atoms with van der Waals surface area (Å²) in [5.41, 5.74) is 0. The molecule has 0 aromatic heterocycles. The summed E-state index contributed by atoms with van der Waals surface area (Å²) in [6.07, 6.45) is 1.41. The second-order valence-electron chi connectivity index (χ2n) is 11.6. The largest absolute Gasteiger partial charge is 1.00 e. The molecule has 0 unspecified atom stereocenters. The predicted molar refractivity (Wildman–Crippen MR) is 210 cm³/mol. The first-order chi connectivity index (χ1) is 24.2. The van der Waals surface area contributed by atoms with Crippen molar-refractivity contribution in [1.82, 2.24) is 0 Å². The van der Waals surface area contributed by atoms with Gasteiger partial charge in [0.05, 0.1) is 0 Å². The molecular formula is C42H38AgNO5P2. The summed E-state index contributed by atoms with van der Waals surface area (Å²) in [5.74, 6) is 1.74. The molecule has 0 saturated heterocycles. The van der Waals surface area contributed by atoms with E-state index in [4.69, 9.17) is 4.62 Å². The molecule has 0 heterocycles. The minimum absolute atomic E-state index is 0. The number of nitrogens with zero attached hydrogens (tertiary/aromatic N) is 1. The first kappa shape index (κ1) is 39.0. The maximum atomic E-state index is 12.4. The van der Waals surface area contributed by atoms with Crippen LogP contribution >= 0.6 is 13.7 Å². The van der Waals surface area contributed by atoms with E-state index in [0.29, 0.717) is 15.9 Å². The summed E-state index contributed by atoms with van der Waals surface area (Å²) in [7, 11) is 0. The molecule has 0 saturated carbocycles. The van der Waals surface area contributed by atoms with Gasteiger partial charge in [0, 0.05) is 0 Å². The Balaban J connectivity index is 0.000000227. The first-order valence-electron chi connectivity index (χ1n) is 16.0. The molecule has 0 aliphatic rings. The van der Waals surface area contributed by atoms with E-state index in [9.17, 15) is 19.7 Å². The van der Waals surface area contributed by atoms with Crippen molar-refractivity contribution in [2.75, 3.05) is 0 Å². The van der Waals surface area contributed by atoms with Gasteiger partial charge in [-0.3, -0.25) is 4.79 Å². The van der Waals surface area contributed by atoms with Crippen molar-refractivity contribution in [2.45, 2.75) is 13.8 Å². The molecule has 0 fully saturated rings. The van der Waals surface area contributed by atoms with Crippen molar-refractivity contribution in [2.24, 2.45) is 0 Å². The van der Waals surface area contributed by atoms with Crippen molar-refractivity contribution < 1.29 is 41.7 Å². The third-order valence-electron chi connectivity index (χ3n) is 8.34. The molecule has 0 N–H and O–H groups in total. The molecule has 51 heavy (non-hydrogen) atoms. The van der Waals surface area contributed by atoms with Crippen LogP contribution in [0.25, 0.3) is 0 Å². The molecule has 9 heteroatoms. The molecule has 0 spiro atoms. The fourth-order valence-corrected chi connectivity index (χ4v) is 15.2. The Morgan fingerprint density at radius 3 is 1.08 bits per heavy atom. The van der Waals surface area contributed by atoms with Crippen LogP contribution in [0.2, 0.25) is 0 Å². The monoisotopic (exact) mass is 805 g/mol. The van der Waals surface area contributed by atoms with E-state index in [2.05, 4.69) is 36.4 Å². The molecule has 0 aliphatic carbocycles. The number of benzene rings is 6. The normalized spacial score (nSPS) is 11.5.